The second-order valence-electron chi connectivity index (χ2n) is 8.95. The third-order valence-electron chi connectivity index (χ3n) is 6.70. The normalized spacial score (nSPS) is 24.9. The molecule has 2 heterocycles. The Morgan fingerprint density at radius 3 is 2.55 bits per heavy atom. The summed E-state index contributed by atoms with van der Waals surface area (Å²) in [6.07, 6.45) is 9.03. The maximum absolute atomic E-state index is 13.3. The molecule has 0 radical (unpaired) electrons. The molecule has 31 heavy (non-hydrogen) atoms. The van der Waals surface area contributed by atoms with Gasteiger partial charge < -0.3 is 15.1 Å². The van der Waals surface area contributed by atoms with Gasteiger partial charge in [-0.3, -0.25) is 15.0 Å². The molecule has 2 aliphatic heterocycles. The smallest absolute Gasteiger partial charge is 0.268 e. The monoisotopic (exact) mass is 425 g/mol. The highest BCUT2D eigenvalue weighted by atomic mass is 16.2. The van der Waals surface area contributed by atoms with E-state index < -0.39 is 6.17 Å². The minimum absolute atomic E-state index is 0.0388. The number of hydrogen-bond donors (Lipinski definition) is 2. The Morgan fingerprint density at radius 1 is 1.10 bits per heavy atom. The lowest BCUT2D eigenvalue weighted by Crippen LogP contribution is -2.69. The van der Waals surface area contributed by atoms with Crippen molar-refractivity contribution in [2.24, 2.45) is 5.10 Å². The molecule has 0 spiro atoms. The Hall–Kier alpha value is -2.57. The van der Waals surface area contributed by atoms with E-state index >= 15 is 0 Å². The number of benzene rings is 1. The Morgan fingerprint density at radius 2 is 1.84 bits per heavy atom. The van der Waals surface area contributed by atoms with E-state index in [1.54, 1.807) is 4.90 Å². The van der Waals surface area contributed by atoms with Crippen molar-refractivity contribution in [1.82, 2.24) is 15.2 Å². The van der Waals surface area contributed by atoms with Crippen molar-refractivity contribution >= 4 is 23.3 Å². The van der Waals surface area contributed by atoms with E-state index in [-0.39, 0.29) is 30.4 Å². The molecule has 1 aliphatic carbocycles. The van der Waals surface area contributed by atoms with Gasteiger partial charge in [0.15, 0.2) is 6.17 Å². The number of unbranched alkanes of at least 4 members (excludes halogenated alkanes) is 1. The maximum Gasteiger partial charge on any atom is 0.268 e. The standard InChI is InChI=1S/C24H35N5O2/c1-3-5-9-17-12-14-18(15-13-17)25-22(30)16-28-19-10-6-7-11-20(19)29-21(8-4-2)26-27-23(29)24(28)31/h12-15,19-20,23,27H,3-11,16H2,1-2H3,(H,25,30). The van der Waals surface area contributed by atoms with Crippen LogP contribution >= 0.6 is 0 Å². The molecule has 7 heteroatoms. The number of amidine groups is 1. The van der Waals surface area contributed by atoms with Crippen LogP contribution in [0.15, 0.2) is 29.4 Å². The number of hydrazone groups is 1. The van der Waals surface area contributed by atoms with Crippen molar-refractivity contribution < 1.29 is 9.59 Å². The Bertz CT molecular complexity index is 822. The van der Waals surface area contributed by atoms with Crippen LogP contribution in [0.3, 0.4) is 0 Å². The van der Waals surface area contributed by atoms with E-state index in [0.29, 0.717) is 0 Å². The number of carbonyl (C=O) groups excluding carboxylic acids is 2. The second kappa shape index (κ2) is 9.71. The zero-order chi connectivity index (χ0) is 21.8. The number of rotatable bonds is 8. The van der Waals surface area contributed by atoms with Crippen LogP contribution in [0.4, 0.5) is 5.69 Å². The maximum atomic E-state index is 13.3. The lowest BCUT2D eigenvalue weighted by atomic mass is 9.85. The summed E-state index contributed by atoms with van der Waals surface area (Å²) in [5, 5.41) is 7.45. The fourth-order valence-electron chi connectivity index (χ4n) is 5.16. The molecule has 2 N–H and O–H groups in total. The fourth-order valence-corrected chi connectivity index (χ4v) is 5.16. The minimum atomic E-state index is -0.466. The molecule has 1 aromatic rings. The topological polar surface area (TPSA) is 77.0 Å². The first-order valence-electron chi connectivity index (χ1n) is 11.9. The summed E-state index contributed by atoms with van der Waals surface area (Å²) in [4.78, 5) is 30.2. The third kappa shape index (κ3) is 4.55. The number of piperazine rings is 1. The molecular formula is C24H35N5O2. The summed E-state index contributed by atoms with van der Waals surface area (Å²) in [7, 11) is 0. The highest BCUT2D eigenvalue weighted by Gasteiger charge is 2.50. The van der Waals surface area contributed by atoms with Crippen LogP contribution in [0.25, 0.3) is 0 Å². The molecule has 168 valence electrons. The van der Waals surface area contributed by atoms with Crippen molar-refractivity contribution in [3.8, 4) is 0 Å². The predicted octanol–water partition coefficient (Wildman–Crippen LogP) is 3.47. The molecule has 4 rings (SSSR count). The number of nitrogens with zero attached hydrogens (tertiary/aromatic N) is 3. The van der Waals surface area contributed by atoms with Crippen molar-refractivity contribution in [1.29, 1.82) is 0 Å². The van der Waals surface area contributed by atoms with E-state index in [2.05, 4.69) is 46.7 Å². The van der Waals surface area contributed by atoms with Gasteiger partial charge in [-0.1, -0.05) is 45.2 Å². The number of hydrogen-bond acceptors (Lipinski definition) is 5. The van der Waals surface area contributed by atoms with Crippen LogP contribution in [0.1, 0.15) is 70.8 Å². The van der Waals surface area contributed by atoms with Crippen molar-refractivity contribution in [2.75, 3.05) is 11.9 Å². The summed E-state index contributed by atoms with van der Waals surface area (Å²) in [6, 6.07) is 8.36. The second-order valence-corrected chi connectivity index (χ2v) is 8.95. The first-order chi connectivity index (χ1) is 15.1. The van der Waals surface area contributed by atoms with Gasteiger partial charge in [-0.2, -0.15) is 5.10 Å². The molecule has 3 unspecified atom stereocenters. The van der Waals surface area contributed by atoms with E-state index in [0.717, 1.165) is 56.5 Å². The third-order valence-corrected chi connectivity index (χ3v) is 6.70. The molecule has 0 bridgehead atoms. The fraction of sp³-hybridized carbons (Fsp3) is 0.625. The number of fused-ring (bicyclic) bond motifs is 3. The molecule has 3 atom stereocenters. The van der Waals surface area contributed by atoms with Gasteiger partial charge in [0, 0.05) is 12.1 Å². The van der Waals surface area contributed by atoms with E-state index in [1.165, 1.54) is 18.4 Å². The molecule has 1 saturated heterocycles. The lowest BCUT2D eigenvalue weighted by Gasteiger charge is -2.51. The summed E-state index contributed by atoms with van der Waals surface area (Å²) in [5.74, 6) is 0.813. The van der Waals surface area contributed by atoms with Crippen LogP contribution in [0.2, 0.25) is 0 Å². The largest absolute Gasteiger partial charge is 0.325 e. The van der Waals surface area contributed by atoms with Crippen LogP contribution < -0.4 is 10.7 Å². The first kappa shape index (κ1) is 21.7. The number of nitrogens with one attached hydrogen (secondary N) is 2. The van der Waals surface area contributed by atoms with Gasteiger partial charge in [0.05, 0.1) is 12.1 Å². The molecule has 0 aromatic heterocycles. The van der Waals surface area contributed by atoms with Crippen LogP contribution in [-0.2, 0) is 16.0 Å². The minimum Gasteiger partial charge on any atom is -0.325 e. The van der Waals surface area contributed by atoms with Crippen molar-refractivity contribution in [2.45, 2.75) is 89.9 Å². The van der Waals surface area contributed by atoms with Gasteiger partial charge in [0.1, 0.15) is 12.4 Å². The number of amides is 2. The SMILES string of the molecule is CCCCc1ccc(NC(=O)CN2C(=O)C3NN=C(CCC)N3C3CCCCC32)cc1. The molecular weight excluding hydrogens is 390 g/mol. The quantitative estimate of drug-likeness (QED) is 0.669. The van der Waals surface area contributed by atoms with Gasteiger partial charge in [-0.25, -0.2) is 0 Å². The van der Waals surface area contributed by atoms with Crippen LogP contribution in [-0.4, -0.2) is 52.2 Å². The molecule has 3 aliphatic rings. The highest BCUT2D eigenvalue weighted by molar-refractivity contribution is 5.98. The summed E-state index contributed by atoms with van der Waals surface area (Å²) in [6.45, 7) is 4.41. The molecule has 7 nitrogen and oxygen atoms in total. The van der Waals surface area contributed by atoms with Gasteiger partial charge in [-0.05, 0) is 49.8 Å². The molecule has 1 aromatic carbocycles. The number of carbonyl (C=O) groups is 2. The Balaban J connectivity index is 1.43. The summed E-state index contributed by atoms with van der Waals surface area (Å²) < 4.78 is 0. The van der Waals surface area contributed by atoms with Crippen molar-refractivity contribution in [3.63, 3.8) is 0 Å². The number of anilines is 1. The first-order valence-corrected chi connectivity index (χ1v) is 11.9. The van der Waals surface area contributed by atoms with E-state index in [1.807, 2.05) is 12.1 Å². The zero-order valence-electron chi connectivity index (χ0n) is 18.8. The van der Waals surface area contributed by atoms with Crippen LogP contribution in [0, 0.1) is 0 Å². The average molecular weight is 426 g/mol. The highest BCUT2D eigenvalue weighted by Crippen LogP contribution is 2.35. The van der Waals surface area contributed by atoms with Gasteiger partial charge in [0.2, 0.25) is 5.91 Å². The van der Waals surface area contributed by atoms with E-state index in [4.69, 9.17) is 0 Å². The summed E-state index contributed by atoms with van der Waals surface area (Å²) in [5.41, 5.74) is 5.11. The summed E-state index contributed by atoms with van der Waals surface area (Å²) >= 11 is 0. The molecule has 2 amide bonds. The zero-order valence-corrected chi connectivity index (χ0v) is 18.8. The van der Waals surface area contributed by atoms with Crippen LogP contribution in [0.5, 0.6) is 0 Å². The molecule has 1 saturated carbocycles. The van der Waals surface area contributed by atoms with Gasteiger partial charge >= 0.3 is 0 Å². The van der Waals surface area contributed by atoms with Gasteiger partial charge in [0.25, 0.3) is 5.91 Å². The lowest BCUT2D eigenvalue weighted by molar-refractivity contribution is -0.151. The predicted molar refractivity (Wildman–Crippen MR) is 123 cm³/mol. The Kier molecular flexibility index (Phi) is 6.78. The van der Waals surface area contributed by atoms with E-state index in [9.17, 15) is 9.59 Å². The van der Waals surface area contributed by atoms with Crippen molar-refractivity contribution in [3.05, 3.63) is 29.8 Å². The Labute approximate surface area is 185 Å². The molecule has 2 fully saturated rings. The number of aryl methyl sites for hydroxylation is 1. The average Bonchev–Trinajstić information content (AvgIpc) is 3.20. The van der Waals surface area contributed by atoms with Gasteiger partial charge in [-0.15, -0.1) is 0 Å².